The minimum atomic E-state index is -0.175. The monoisotopic (exact) mass is 410 g/mol. The Labute approximate surface area is 180 Å². The first kappa shape index (κ1) is 20.2. The summed E-state index contributed by atoms with van der Waals surface area (Å²) in [7, 11) is 1.70. The number of hydrogen-bond acceptors (Lipinski definition) is 4. The molecular weight excluding hydrogens is 388 g/mol. The number of furan rings is 1. The van der Waals surface area contributed by atoms with E-state index < -0.39 is 0 Å². The molecule has 4 aromatic rings. The number of benzene rings is 2. The molecule has 0 N–H and O–H groups in total. The Morgan fingerprint density at radius 1 is 1.23 bits per heavy atom. The van der Waals surface area contributed by atoms with Crippen molar-refractivity contribution < 1.29 is 9.21 Å². The van der Waals surface area contributed by atoms with Gasteiger partial charge in [-0.3, -0.25) is 4.79 Å². The maximum atomic E-state index is 12.6. The topological polar surface area (TPSA) is 75.1 Å². The van der Waals surface area contributed by atoms with E-state index >= 15 is 0 Å². The first-order valence-corrected chi connectivity index (χ1v) is 10.0. The van der Waals surface area contributed by atoms with Crippen LogP contribution in [0.3, 0.4) is 0 Å². The first-order valence-electron chi connectivity index (χ1n) is 10.0. The Balaban J connectivity index is 1.73. The van der Waals surface area contributed by atoms with Crippen molar-refractivity contribution in [1.29, 1.82) is 5.26 Å². The van der Waals surface area contributed by atoms with Gasteiger partial charge in [-0.15, -0.1) is 0 Å². The molecule has 0 aliphatic rings. The van der Waals surface area contributed by atoms with Crippen LogP contribution in [0.4, 0.5) is 0 Å². The molecule has 154 valence electrons. The summed E-state index contributed by atoms with van der Waals surface area (Å²) in [5.41, 5.74) is 3.10. The Bertz CT molecular complexity index is 1240. The molecule has 0 aliphatic heterocycles. The zero-order valence-corrected chi connectivity index (χ0v) is 17.4. The van der Waals surface area contributed by atoms with Crippen LogP contribution < -0.4 is 0 Å². The molecule has 6 nitrogen and oxygen atoms in total. The quantitative estimate of drug-likeness (QED) is 0.417. The molecule has 31 heavy (non-hydrogen) atoms. The van der Waals surface area contributed by atoms with Gasteiger partial charge >= 0.3 is 0 Å². The van der Waals surface area contributed by atoms with Gasteiger partial charge in [-0.25, -0.2) is 4.68 Å². The third-order valence-electron chi connectivity index (χ3n) is 5.22. The van der Waals surface area contributed by atoms with E-state index in [-0.39, 0.29) is 18.4 Å². The molecule has 1 amide bonds. The van der Waals surface area contributed by atoms with E-state index in [1.54, 1.807) is 22.7 Å². The summed E-state index contributed by atoms with van der Waals surface area (Å²) in [6, 6.07) is 21.4. The summed E-state index contributed by atoms with van der Waals surface area (Å²) in [4.78, 5) is 14.1. The summed E-state index contributed by atoms with van der Waals surface area (Å²) in [5, 5.41) is 14.6. The Morgan fingerprint density at radius 3 is 2.71 bits per heavy atom. The van der Waals surface area contributed by atoms with Crippen molar-refractivity contribution in [2.45, 2.75) is 19.4 Å². The van der Waals surface area contributed by atoms with Crippen molar-refractivity contribution in [1.82, 2.24) is 14.7 Å². The molecule has 0 saturated heterocycles. The molecule has 2 aromatic carbocycles. The number of carbonyl (C=O) groups excluding carboxylic acids is 1. The second kappa shape index (κ2) is 8.72. The fourth-order valence-corrected chi connectivity index (χ4v) is 3.28. The maximum absolute atomic E-state index is 12.6. The molecule has 1 unspecified atom stereocenters. The number of fused-ring (bicyclic) bond motifs is 1. The Kier molecular flexibility index (Phi) is 5.67. The minimum Gasteiger partial charge on any atom is -0.454 e. The van der Waals surface area contributed by atoms with E-state index in [0.29, 0.717) is 11.5 Å². The van der Waals surface area contributed by atoms with Crippen LogP contribution in [0.25, 0.3) is 34.2 Å². The summed E-state index contributed by atoms with van der Waals surface area (Å²) >= 11 is 0. The van der Waals surface area contributed by atoms with Gasteiger partial charge in [-0.1, -0.05) is 36.4 Å². The van der Waals surface area contributed by atoms with Gasteiger partial charge < -0.3 is 9.32 Å². The normalized spacial score (nSPS) is 12.2. The molecule has 0 aliphatic carbocycles. The van der Waals surface area contributed by atoms with Crippen LogP contribution in [0.1, 0.15) is 18.9 Å². The Hall–Kier alpha value is -4.11. The van der Waals surface area contributed by atoms with Crippen LogP contribution in [-0.2, 0) is 4.79 Å². The molecule has 0 bridgehead atoms. The van der Waals surface area contributed by atoms with Gasteiger partial charge in [0.05, 0.1) is 18.2 Å². The second-order valence-electron chi connectivity index (χ2n) is 7.36. The third kappa shape index (κ3) is 4.26. The lowest BCUT2D eigenvalue weighted by molar-refractivity contribution is -0.126. The predicted molar refractivity (Wildman–Crippen MR) is 120 cm³/mol. The standard InChI is InChI=1S/C25H22N4O2/c1-18(14-15-26)28(2)24(30)13-12-20-17-29(21-9-4-3-5-10-21)27-25(20)23-16-19-8-6-7-11-22(19)31-23/h3-13,16-18H,14H2,1-2H3/b13-12+. The van der Waals surface area contributed by atoms with Gasteiger partial charge in [-0.05, 0) is 37.3 Å². The molecule has 4 rings (SSSR count). The van der Waals surface area contributed by atoms with Crippen LogP contribution in [-0.4, -0.2) is 33.7 Å². The molecule has 2 aromatic heterocycles. The first-order chi connectivity index (χ1) is 15.1. The summed E-state index contributed by atoms with van der Waals surface area (Å²) < 4.78 is 7.80. The Morgan fingerprint density at radius 2 is 1.97 bits per heavy atom. The number of rotatable bonds is 6. The number of nitriles is 1. The zero-order valence-electron chi connectivity index (χ0n) is 17.4. The van der Waals surface area contributed by atoms with Gasteiger partial charge in [0.15, 0.2) is 5.76 Å². The van der Waals surface area contributed by atoms with Crippen LogP contribution in [0.2, 0.25) is 0 Å². The number of nitrogens with zero attached hydrogens (tertiary/aromatic N) is 4. The van der Waals surface area contributed by atoms with Gasteiger partial charge in [0.2, 0.25) is 5.91 Å². The highest BCUT2D eigenvalue weighted by molar-refractivity contribution is 5.93. The van der Waals surface area contributed by atoms with Gasteiger partial charge in [0.1, 0.15) is 11.3 Å². The van der Waals surface area contributed by atoms with Crippen LogP contribution in [0, 0.1) is 11.3 Å². The molecule has 1 atom stereocenters. The molecule has 0 radical (unpaired) electrons. The second-order valence-corrected chi connectivity index (χ2v) is 7.36. The number of aromatic nitrogens is 2. The third-order valence-corrected chi connectivity index (χ3v) is 5.22. The zero-order chi connectivity index (χ0) is 21.8. The number of carbonyl (C=O) groups is 1. The van der Waals surface area contributed by atoms with Crippen molar-refractivity contribution in [3.8, 4) is 23.2 Å². The van der Waals surface area contributed by atoms with E-state index in [9.17, 15) is 4.79 Å². The molecule has 6 heteroatoms. The fourth-order valence-electron chi connectivity index (χ4n) is 3.28. The molecule has 2 heterocycles. The van der Waals surface area contributed by atoms with Crippen molar-refractivity contribution in [2.75, 3.05) is 7.05 Å². The highest BCUT2D eigenvalue weighted by atomic mass is 16.3. The maximum Gasteiger partial charge on any atom is 0.246 e. The largest absolute Gasteiger partial charge is 0.454 e. The van der Waals surface area contributed by atoms with Gasteiger partial charge in [-0.2, -0.15) is 10.4 Å². The summed E-state index contributed by atoms with van der Waals surface area (Å²) in [5.74, 6) is 0.458. The van der Waals surface area contributed by atoms with Gasteiger partial charge in [0.25, 0.3) is 0 Å². The summed E-state index contributed by atoms with van der Waals surface area (Å²) in [6.07, 6.45) is 5.41. The molecule has 0 saturated carbocycles. The molecule has 0 spiro atoms. The molecular formula is C25H22N4O2. The van der Waals surface area contributed by atoms with Gasteiger partial charge in [0, 0.05) is 36.3 Å². The predicted octanol–water partition coefficient (Wildman–Crippen LogP) is 5.06. The van der Waals surface area contributed by atoms with E-state index in [1.165, 1.54) is 6.08 Å². The number of amides is 1. The van der Waals surface area contributed by atoms with Crippen molar-refractivity contribution in [2.24, 2.45) is 0 Å². The number of likely N-dealkylation sites (N-methyl/N-ethyl adjacent to an activating group) is 1. The summed E-state index contributed by atoms with van der Waals surface area (Å²) in [6.45, 7) is 1.85. The van der Waals surface area contributed by atoms with E-state index in [1.807, 2.05) is 73.8 Å². The van der Waals surface area contributed by atoms with E-state index in [4.69, 9.17) is 14.8 Å². The minimum absolute atomic E-state index is 0.163. The average Bonchev–Trinajstić information content (AvgIpc) is 3.41. The lowest BCUT2D eigenvalue weighted by Crippen LogP contribution is -2.33. The number of hydrogen-bond donors (Lipinski definition) is 0. The average molecular weight is 410 g/mol. The van der Waals surface area contributed by atoms with Crippen LogP contribution in [0.15, 0.2) is 77.4 Å². The van der Waals surface area contributed by atoms with E-state index in [2.05, 4.69) is 6.07 Å². The van der Waals surface area contributed by atoms with E-state index in [0.717, 1.165) is 22.2 Å². The highest BCUT2D eigenvalue weighted by Gasteiger charge is 2.17. The lowest BCUT2D eigenvalue weighted by Gasteiger charge is -2.21. The van der Waals surface area contributed by atoms with Crippen molar-refractivity contribution in [3.63, 3.8) is 0 Å². The van der Waals surface area contributed by atoms with Crippen LogP contribution >= 0.6 is 0 Å². The lowest BCUT2D eigenvalue weighted by atomic mass is 10.1. The van der Waals surface area contributed by atoms with Crippen molar-refractivity contribution >= 4 is 23.0 Å². The molecule has 0 fully saturated rings. The fraction of sp³-hybridized carbons (Fsp3) is 0.160. The number of para-hydroxylation sites is 2. The van der Waals surface area contributed by atoms with Crippen LogP contribution in [0.5, 0.6) is 0 Å². The smallest absolute Gasteiger partial charge is 0.246 e. The van der Waals surface area contributed by atoms with Crippen molar-refractivity contribution in [3.05, 3.63) is 78.5 Å². The SMILES string of the molecule is CC(CC#N)N(C)C(=O)/C=C/c1cn(-c2ccccc2)nc1-c1cc2ccccc2o1. The highest BCUT2D eigenvalue weighted by Crippen LogP contribution is 2.30.